The second-order valence-corrected chi connectivity index (χ2v) is 7.54. The minimum Gasteiger partial charge on any atom is -0.497 e. The van der Waals surface area contributed by atoms with Gasteiger partial charge in [0, 0.05) is 44.5 Å². The SMILES string of the molecule is COc1ccc(CCC(=O)N2CCN(C(=O)c3cn4c(C)cccc4n3)CC2)cc1. The largest absolute Gasteiger partial charge is 0.497 e. The van der Waals surface area contributed by atoms with Gasteiger partial charge in [0.05, 0.1) is 7.11 Å². The fourth-order valence-corrected chi connectivity index (χ4v) is 3.77. The van der Waals surface area contributed by atoms with Gasteiger partial charge in [-0.2, -0.15) is 0 Å². The Morgan fingerprint density at radius 2 is 1.70 bits per heavy atom. The van der Waals surface area contributed by atoms with E-state index in [2.05, 4.69) is 4.98 Å². The molecule has 0 atom stereocenters. The number of aryl methyl sites for hydroxylation is 2. The highest BCUT2D eigenvalue weighted by atomic mass is 16.5. The molecule has 156 valence electrons. The van der Waals surface area contributed by atoms with Crippen molar-refractivity contribution in [3.8, 4) is 5.75 Å². The first-order valence-electron chi connectivity index (χ1n) is 10.2. The molecule has 2 aromatic heterocycles. The summed E-state index contributed by atoms with van der Waals surface area (Å²) < 4.78 is 7.08. The predicted molar refractivity (Wildman–Crippen MR) is 114 cm³/mol. The Kier molecular flexibility index (Phi) is 5.70. The molecule has 1 aliphatic heterocycles. The molecule has 7 heteroatoms. The van der Waals surface area contributed by atoms with Crippen LogP contribution in [0.1, 0.15) is 28.2 Å². The molecule has 7 nitrogen and oxygen atoms in total. The zero-order valence-corrected chi connectivity index (χ0v) is 17.4. The number of amides is 2. The standard InChI is InChI=1S/C23H26N4O3/c1-17-4-3-5-21-24-20(16-27(17)21)23(29)26-14-12-25(13-15-26)22(28)11-8-18-6-9-19(30-2)10-7-18/h3-7,9-10,16H,8,11-15H2,1-2H3. The van der Waals surface area contributed by atoms with Crippen molar-refractivity contribution in [2.45, 2.75) is 19.8 Å². The van der Waals surface area contributed by atoms with Gasteiger partial charge in [-0.3, -0.25) is 9.59 Å². The number of fused-ring (bicyclic) bond motifs is 1. The molecule has 2 amide bonds. The Balaban J connectivity index is 1.30. The summed E-state index contributed by atoms with van der Waals surface area (Å²) in [6, 6.07) is 13.6. The van der Waals surface area contributed by atoms with Crippen molar-refractivity contribution in [2.75, 3.05) is 33.3 Å². The van der Waals surface area contributed by atoms with Gasteiger partial charge in [0.2, 0.25) is 5.91 Å². The van der Waals surface area contributed by atoms with E-state index in [9.17, 15) is 9.59 Å². The lowest BCUT2D eigenvalue weighted by Crippen LogP contribution is -2.50. The monoisotopic (exact) mass is 406 g/mol. The van der Waals surface area contributed by atoms with Crippen molar-refractivity contribution in [1.29, 1.82) is 0 Å². The van der Waals surface area contributed by atoms with Crippen molar-refractivity contribution < 1.29 is 14.3 Å². The van der Waals surface area contributed by atoms with Crippen LogP contribution in [0, 0.1) is 6.92 Å². The van der Waals surface area contributed by atoms with Gasteiger partial charge in [-0.05, 0) is 43.2 Å². The second-order valence-electron chi connectivity index (χ2n) is 7.54. The first-order valence-corrected chi connectivity index (χ1v) is 10.2. The lowest BCUT2D eigenvalue weighted by molar-refractivity contribution is -0.132. The van der Waals surface area contributed by atoms with Crippen molar-refractivity contribution in [2.24, 2.45) is 0 Å². The zero-order valence-electron chi connectivity index (χ0n) is 17.4. The van der Waals surface area contributed by atoms with E-state index in [4.69, 9.17) is 4.74 Å². The van der Waals surface area contributed by atoms with Gasteiger partial charge in [0.15, 0.2) is 0 Å². The number of ether oxygens (including phenoxy) is 1. The maximum absolute atomic E-state index is 12.9. The van der Waals surface area contributed by atoms with Crippen molar-refractivity contribution >= 4 is 17.5 Å². The summed E-state index contributed by atoms with van der Waals surface area (Å²) >= 11 is 0. The highest BCUT2D eigenvalue weighted by Gasteiger charge is 2.26. The first-order chi connectivity index (χ1) is 14.5. The van der Waals surface area contributed by atoms with E-state index in [0.717, 1.165) is 22.7 Å². The summed E-state index contributed by atoms with van der Waals surface area (Å²) in [6.45, 7) is 4.15. The van der Waals surface area contributed by atoms with E-state index in [1.54, 1.807) is 18.2 Å². The molecule has 0 radical (unpaired) electrons. The fourth-order valence-electron chi connectivity index (χ4n) is 3.77. The number of rotatable bonds is 5. The van der Waals surface area contributed by atoms with E-state index < -0.39 is 0 Å². The number of imidazole rings is 1. The maximum atomic E-state index is 12.9. The molecule has 1 saturated heterocycles. The molecule has 0 unspecified atom stereocenters. The number of hydrogen-bond donors (Lipinski definition) is 0. The number of methoxy groups -OCH3 is 1. The van der Waals surface area contributed by atoms with Crippen LogP contribution in [0.25, 0.3) is 5.65 Å². The third-order valence-corrected chi connectivity index (χ3v) is 5.62. The average molecular weight is 406 g/mol. The molecule has 3 heterocycles. The van der Waals surface area contributed by atoms with E-state index in [-0.39, 0.29) is 11.8 Å². The van der Waals surface area contributed by atoms with Crippen LogP contribution in [0.4, 0.5) is 0 Å². The van der Waals surface area contributed by atoms with Gasteiger partial charge in [0.1, 0.15) is 17.1 Å². The van der Waals surface area contributed by atoms with Crippen LogP contribution in [-0.2, 0) is 11.2 Å². The highest BCUT2D eigenvalue weighted by molar-refractivity contribution is 5.93. The highest BCUT2D eigenvalue weighted by Crippen LogP contribution is 2.15. The summed E-state index contributed by atoms with van der Waals surface area (Å²) in [7, 11) is 1.64. The zero-order chi connectivity index (χ0) is 21.1. The molecule has 4 rings (SSSR count). The average Bonchev–Trinajstić information content (AvgIpc) is 3.23. The smallest absolute Gasteiger partial charge is 0.274 e. The Labute approximate surface area is 175 Å². The van der Waals surface area contributed by atoms with Gasteiger partial charge >= 0.3 is 0 Å². The van der Waals surface area contributed by atoms with Gasteiger partial charge in [-0.15, -0.1) is 0 Å². The van der Waals surface area contributed by atoms with Gasteiger partial charge in [0.25, 0.3) is 5.91 Å². The van der Waals surface area contributed by atoms with Crippen LogP contribution in [-0.4, -0.2) is 64.3 Å². The number of pyridine rings is 1. The van der Waals surface area contributed by atoms with E-state index in [1.165, 1.54) is 0 Å². The molecule has 1 aromatic carbocycles. The van der Waals surface area contributed by atoms with Crippen molar-refractivity contribution in [3.05, 3.63) is 65.6 Å². The summed E-state index contributed by atoms with van der Waals surface area (Å²) in [6.07, 6.45) is 2.95. The lowest BCUT2D eigenvalue weighted by atomic mass is 10.1. The first kappa shape index (κ1) is 19.9. The van der Waals surface area contributed by atoms with Crippen LogP contribution in [0.5, 0.6) is 5.75 Å². The minimum atomic E-state index is -0.0802. The molecular formula is C23H26N4O3. The van der Waals surface area contributed by atoms with E-state index >= 15 is 0 Å². The molecular weight excluding hydrogens is 380 g/mol. The summed E-state index contributed by atoms with van der Waals surface area (Å²) in [5, 5.41) is 0. The number of carbonyl (C=O) groups excluding carboxylic acids is 2. The summed E-state index contributed by atoms with van der Waals surface area (Å²) in [4.78, 5) is 33.5. The Morgan fingerprint density at radius 3 is 2.37 bits per heavy atom. The fraction of sp³-hybridized carbons (Fsp3) is 0.348. The third kappa shape index (κ3) is 4.15. The number of aromatic nitrogens is 2. The molecule has 1 aliphatic rings. The molecule has 1 fully saturated rings. The molecule has 0 saturated carbocycles. The number of benzene rings is 1. The van der Waals surface area contributed by atoms with E-state index in [0.29, 0.717) is 44.7 Å². The van der Waals surface area contributed by atoms with Crippen molar-refractivity contribution in [3.63, 3.8) is 0 Å². The number of nitrogens with zero attached hydrogens (tertiary/aromatic N) is 4. The molecule has 0 spiro atoms. The molecule has 0 N–H and O–H groups in total. The van der Waals surface area contributed by atoms with Gasteiger partial charge < -0.3 is 18.9 Å². The number of piperazine rings is 1. The van der Waals surface area contributed by atoms with E-state index in [1.807, 2.05) is 58.7 Å². The molecule has 30 heavy (non-hydrogen) atoms. The van der Waals surface area contributed by atoms with Gasteiger partial charge in [-0.1, -0.05) is 18.2 Å². The Hall–Kier alpha value is -3.35. The Morgan fingerprint density at radius 1 is 1.00 bits per heavy atom. The third-order valence-electron chi connectivity index (χ3n) is 5.62. The van der Waals surface area contributed by atoms with Crippen molar-refractivity contribution in [1.82, 2.24) is 19.2 Å². The van der Waals surface area contributed by atoms with Crippen LogP contribution in [0.15, 0.2) is 48.7 Å². The minimum absolute atomic E-state index is 0.0802. The van der Waals surface area contributed by atoms with Crippen LogP contribution in [0.3, 0.4) is 0 Å². The number of carbonyl (C=O) groups is 2. The lowest BCUT2D eigenvalue weighted by Gasteiger charge is -2.34. The van der Waals surface area contributed by atoms with Crippen LogP contribution in [0.2, 0.25) is 0 Å². The normalized spacial score (nSPS) is 14.2. The molecule has 3 aromatic rings. The Bertz CT molecular complexity index is 1050. The molecule has 0 bridgehead atoms. The maximum Gasteiger partial charge on any atom is 0.274 e. The van der Waals surface area contributed by atoms with Gasteiger partial charge in [-0.25, -0.2) is 4.98 Å². The van der Waals surface area contributed by atoms with Crippen LogP contribution >= 0.6 is 0 Å². The summed E-state index contributed by atoms with van der Waals surface area (Å²) in [5.41, 5.74) is 3.36. The topological polar surface area (TPSA) is 67.2 Å². The predicted octanol–water partition coefficient (Wildman–Crippen LogP) is 2.57. The quantitative estimate of drug-likeness (QED) is 0.653. The number of hydrogen-bond acceptors (Lipinski definition) is 4. The van der Waals surface area contributed by atoms with Crippen LogP contribution < -0.4 is 4.74 Å². The summed E-state index contributed by atoms with van der Waals surface area (Å²) in [5.74, 6) is 0.858. The second kappa shape index (κ2) is 8.57. The molecule has 0 aliphatic carbocycles.